The van der Waals surface area contributed by atoms with E-state index in [2.05, 4.69) is 12.2 Å². The van der Waals surface area contributed by atoms with Gasteiger partial charge in [0, 0.05) is 11.1 Å². The minimum Gasteiger partial charge on any atom is -0.486 e. The third-order valence-corrected chi connectivity index (χ3v) is 4.13. The van der Waals surface area contributed by atoms with Crippen molar-refractivity contribution in [2.75, 3.05) is 0 Å². The molecule has 1 N–H and O–H groups in total. The summed E-state index contributed by atoms with van der Waals surface area (Å²) < 4.78 is 11.6. The Morgan fingerprint density at radius 1 is 1.24 bits per heavy atom. The molecular formula is C17H20ClNO2. The molecule has 21 heavy (non-hydrogen) atoms. The smallest absolute Gasteiger partial charge is 0.146 e. The molecule has 3 nitrogen and oxygen atoms in total. The molecule has 1 saturated carbocycles. The molecule has 0 amide bonds. The monoisotopic (exact) mass is 305 g/mol. The number of hydrogen-bond donors (Lipinski definition) is 1. The van der Waals surface area contributed by atoms with Crippen LogP contribution in [0.2, 0.25) is 5.02 Å². The molecule has 0 saturated heterocycles. The fraction of sp³-hybridized carbons (Fsp3) is 0.412. The number of nitrogens with one attached hydrogen (secondary N) is 1. The van der Waals surface area contributed by atoms with Crippen molar-refractivity contribution >= 4 is 11.6 Å². The van der Waals surface area contributed by atoms with E-state index in [9.17, 15) is 0 Å². The average molecular weight is 306 g/mol. The van der Waals surface area contributed by atoms with Crippen LogP contribution in [0, 0.1) is 13.8 Å². The van der Waals surface area contributed by atoms with E-state index in [0.717, 1.165) is 34.4 Å². The largest absolute Gasteiger partial charge is 0.486 e. The van der Waals surface area contributed by atoms with Crippen LogP contribution in [0.25, 0.3) is 0 Å². The van der Waals surface area contributed by atoms with E-state index in [4.69, 9.17) is 20.8 Å². The highest BCUT2D eigenvalue weighted by atomic mass is 35.5. The van der Waals surface area contributed by atoms with Gasteiger partial charge in [-0.2, -0.15) is 0 Å². The molecule has 4 heteroatoms. The number of hydrogen-bond acceptors (Lipinski definition) is 3. The predicted octanol–water partition coefficient (Wildman–Crippen LogP) is 4.38. The number of aryl methyl sites for hydroxylation is 2. The molecule has 2 aromatic rings. The van der Waals surface area contributed by atoms with Gasteiger partial charge in [0.25, 0.3) is 0 Å². The Kier molecular flexibility index (Phi) is 4.22. The standard InChI is InChI=1S/C17H20ClNO2/c1-11-7-14(5-6-16(11)18)20-10-15-8-12(2)17(21-15)9-19-13-3-4-13/h5-8,13,19H,3-4,9-10H2,1-2H3. The zero-order chi connectivity index (χ0) is 14.8. The second kappa shape index (κ2) is 6.12. The zero-order valence-electron chi connectivity index (χ0n) is 12.4. The first-order valence-electron chi connectivity index (χ1n) is 7.32. The molecule has 0 unspecified atom stereocenters. The molecule has 3 rings (SSSR count). The highest BCUT2D eigenvalue weighted by Gasteiger charge is 2.21. The lowest BCUT2D eigenvalue weighted by Gasteiger charge is -2.06. The van der Waals surface area contributed by atoms with Crippen molar-refractivity contribution in [2.45, 2.75) is 45.9 Å². The summed E-state index contributed by atoms with van der Waals surface area (Å²) >= 11 is 6.01. The Morgan fingerprint density at radius 3 is 2.76 bits per heavy atom. The van der Waals surface area contributed by atoms with Crippen molar-refractivity contribution in [2.24, 2.45) is 0 Å². The summed E-state index contributed by atoms with van der Waals surface area (Å²) in [5, 5.41) is 4.22. The summed E-state index contributed by atoms with van der Waals surface area (Å²) in [6.07, 6.45) is 2.57. The molecule has 0 radical (unpaired) electrons. The third kappa shape index (κ3) is 3.80. The molecule has 1 aromatic heterocycles. The maximum absolute atomic E-state index is 6.01. The van der Waals surface area contributed by atoms with Gasteiger partial charge in [-0.1, -0.05) is 11.6 Å². The van der Waals surface area contributed by atoms with Crippen LogP contribution in [0.15, 0.2) is 28.7 Å². The van der Waals surface area contributed by atoms with Gasteiger partial charge in [-0.3, -0.25) is 0 Å². The molecule has 1 aliphatic carbocycles. The SMILES string of the molecule is Cc1cc(OCc2cc(C)c(CNC3CC3)o2)ccc1Cl. The van der Waals surface area contributed by atoms with Crippen molar-refractivity contribution in [3.8, 4) is 5.75 Å². The number of halogens is 1. The first-order valence-corrected chi connectivity index (χ1v) is 7.70. The van der Waals surface area contributed by atoms with Crippen LogP contribution in [0.4, 0.5) is 0 Å². The van der Waals surface area contributed by atoms with Gasteiger partial charge in [-0.25, -0.2) is 0 Å². The molecule has 1 fully saturated rings. The lowest BCUT2D eigenvalue weighted by molar-refractivity contribution is 0.265. The number of benzene rings is 1. The molecule has 0 aliphatic heterocycles. The van der Waals surface area contributed by atoms with Crippen LogP contribution < -0.4 is 10.1 Å². The number of ether oxygens (including phenoxy) is 1. The van der Waals surface area contributed by atoms with Crippen molar-refractivity contribution in [3.05, 3.63) is 51.9 Å². The van der Waals surface area contributed by atoms with E-state index < -0.39 is 0 Å². The quantitative estimate of drug-likeness (QED) is 0.860. The van der Waals surface area contributed by atoms with Crippen LogP contribution in [0.5, 0.6) is 5.75 Å². The average Bonchev–Trinajstić information content (AvgIpc) is 3.22. The van der Waals surface area contributed by atoms with Gasteiger partial charge in [0.05, 0.1) is 6.54 Å². The molecule has 1 aliphatic rings. The van der Waals surface area contributed by atoms with E-state index in [1.807, 2.05) is 31.2 Å². The summed E-state index contributed by atoms with van der Waals surface area (Å²) in [5.41, 5.74) is 2.19. The Hall–Kier alpha value is -1.45. The van der Waals surface area contributed by atoms with Gasteiger partial charge in [-0.15, -0.1) is 0 Å². The summed E-state index contributed by atoms with van der Waals surface area (Å²) in [6.45, 7) is 5.28. The van der Waals surface area contributed by atoms with Crippen molar-refractivity contribution in [1.29, 1.82) is 0 Å². The normalized spacial score (nSPS) is 14.4. The van der Waals surface area contributed by atoms with Crippen LogP contribution >= 0.6 is 11.6 Å². The van der Waals surface area contributed by atoms with Gasteiger partial charge < -0.3 is 14.5 Å². The predicted molar refractivity (Wildman–Crippen MR) is 83.8 cm³/mol. The van der Waals surface area contributed by atoms with E-state index in [-0.39, 0.29) is 0 Å². The highest BCUT2D eigenvalue weighted by Crippen LogP contribution is 2.24. The minimum absolute atomic E-state index is 0.436. The van der Waals surface area contributed by atoms with Crippen molar-refractivity contribution in [1.82, 2.24) is 5.32 Å². The fourth-order valence-electron chi connectivity index (χ4n) is 2.22. The van der Waals surface area contributed by atoms with Crippen molar-refractivity contribution < 1.29 is 9.15 Å². The number of rotatable bonds is 6. The van der Waals surface area contributed by atoms with E-state index in [1.54, 1.807) is 0 Å². The maximum atomic E-state index is 6.01. The lowest BCUT2D eigenvalue weighted by Crippen LogP contribution is -2.15. The second-order valence-corrected chi connectivity index (χ2v) is 6.08. The minimum atomic E-state index is 0.436. The van der Waals surface area contributed by atoms with Crippen LogP contribution in [-0.2, 0) is 13.2 Å². The fourth-order valence-corrected chi connectivity index (χ4v) is 2.34. The van der Waals surface area contributed by atoms with Crippen LogP contribution in [0.1, 0.15) is 35.5 Å². The van der Waals surface area contributed by atoms with Gasteiger partial charge in [0.2, 0.25) is 0 Å². The molecule has 112 valence electrons. The Morgan fingerprint density at radius 2 is 2.05 bits per heavy atom. The Labute approximate surface area is 130 Å². The lowest BCUT2D eigenvalue weighted by atomic mass is 10.2. The van der Waals surface area contributed by atoms with Crippen LogP contribution in [0.3, 0.4) is 0 Å². The van der Waals surface area contributed by atoms with E-state index in [1.165, 1.54) is 18.4 Å². The first-order chi connectivity index (χ1) is 10.1. The molecule has 0 bridgehead atoms. The topological polar surface area (TPSA) is 34.4 Å². The van der Waals surface area contributed by atoms with Crippen LogP contribution in [-0.4, -0.2) is 6.04 Å². The zero-order valence-corrected chi connectivity index (χ0v) is 13.2. The highest BCUT2D eigenvalue weighted by molar-refractivity contribution is 6.31. The molecule has 1 heterocycles. The molecule has 0 atom stereocenters. The summed E-state index contributed by atoms with van der Waals surface area (Å²) in [7, 11) is 0. The van der Waals surface area contributed by atoms with E-state index in [0.29, 0.717) is 12.6 Å². The van der Waals surface area contributed by atoms with Gasteiger partial charge in [-0.05, 0) is 62.1 Å². The van der Waals surface area contributed by atoms with Gasteiger partial charge >= 0.3 is 0 Å². The second-order valence-electron chi connectivity index (χ2n) is 5.67. The van der Waals surface area contributed by atoms with E-state index >= 15 is 0 Å². The van der Waals surface area contributed by atoms with Gasteiger partial charge in [0.1, 0.15) is 23.9 Å². The molecular weight excluding hydrogens is 286 g/mol. The molecule has 0 spiro atoms. The van der Waals surface area contributed by atoms with Gasteiger partial charge in [0.15, 0.2) is 0 Å². The summed E-state index contributed by atoms with van der Waals surface area (Å²) in [6, 6.07) is 8.40. The number of furan rings is 1. The maximum Gasteiger partial charge on any atom is 0.146 e. The summed E-state index contributed by atoms with van der Waals surface area (Å²) in [5.74, 6) is 2.67. The van der Waals surface area contributed by atoms with Crippen molar-refractivity contribution in [3.63, 3.8) is 0 Å². The Bertz CT molecular complexity index is 632. The summed E-state index contributed by atoms with van der Waals surface area (Å²) in [4.78, 5) is 0. The third-order valence-electron chi connectivity index (χ3n) is 3.71. The first kappa shape index (κ1) is 14.5. The molecule has 1 aromatic carbocycles. The Balaban J connectivity index is 1.59.